The van der Waals surface area contributed by atoms with Gasteiger partial charge in [-0.25, -0.2) is 4.79 Å². The lowest BCUT2D eigenvalue weighted by atomic mass is 9.96. The zero-order chi connectivity index (χ0) is 14.9. The molecule has 1 N–H and O–H groups in total. The van der Waals surface area contributed by atoms with Gasteiger partial charge in [-0.3, -0.25) is 19.1 Å². The lowest BCUT2D eigenvalue weighted by Crippen LogP contribution is -2.31. The number of nitrogens with one attached hydrogen (secondary N) is 1. The number of aromatic nitrogens is 2. The highest BCUT2D eigenvalue weighted by molar-refractivity contribution is 5.98. The van der Waals surface area contributed by atoms with E-state index >= 15 is 0 Å². The summed E-state index contributed by atoms with van der Waals surface area (Å²) in [7, 11) is 0. The van der Waals surface area contributed by atoms with Crippen LogP contribution in [0, 0.1) is 20.8 Å². The summed E-state index contributed by atoms with van der Waals surface area (Å²) in [6.45, 7) is 5.65. The first kappa shape index (κ1) is 14.0. The van der Waals surface area contributed by atoms with Gasteiger partial charge in [-0.1, -0.05) is 17.7 Å². The number of carbonyl (C=O) groups is 1. The lowest BCUT2D eigenvalue weighted by molar-refractivity contribution is 0.0969. The minimum absolute atomic E-state index is 0.0830. The van der Waals surface area contributed by atoms with Crippen LogP contribution in [-0.4, -0.2) is 15.3 Å². The van der Waals surface area contributed by atoms with Gasteiger partial charge in [0.15, 0.2) is 5.78 Å². The van der Waals surface area contributed by atoms with Crippen molar-refractivity contribution in [3.8, 4) is 0 Å². The molecule has 0 saturated heterocycles. The molecule has 5 nitrogen and oxygen atoms in total. The molecule has 0 radical (unpaired) electrons. The second kappa shape index (κ2) is 5.28. The average Bonchev–Trinajstić information content (AvgIpc) is 2.31. The summed E-state index contributed by atoms with van der Waals surface area (Å²) in [6.07, 6.45) is 1.33. The van der Waals surface area contributed by atoms with E-state index in [0.717, 1.165) is 16.7 Å². The maximum absolute atomic E-state index is 12.4. The van der Waals surface area contributed by atoms with Crippen LogP contribution in [-0.2, 0) is 6.54 Å². The van der Waals surface area contributed by atoms with Crippen molar-refractivity contribution in [2.75, 3.05) is 0 Å². The van der Waals surface area contributed by atoms with Crippen LogP contribution in [0.5, 0.6) is 0 Å². The number of nitrogens with zero attached hydrogens (tertiary/aromatic N) is 1. The smallest absolute Gasteiger partial charge is 0.293 e. The van der Waals surface area contributed by atoms with E-state index in [1.807, 2.05) is 32.9 Å². The van der Waals surface area contributed by atoms with Crippen LogP contribution < -0.4 is 11.2 Å². The largest absolute Gasteiger partial charge is 0.328 e. The minimum Gasteiger partial charge on any atom is -0.293 e. The molecule has 1 aromatic heterocycles. The highest BCUT2D eigenvalue weighted by Gasteiger charge is 2.14. The number of carbonyl (C=O) groups excluding carboxylic acids is 1. The Labute approximate surface area is 115 Å². The number of aryl methyl sites for hydroxylation is 3. The molecule has 5 heteroatoms. The molecule has 0 saturated carbocycles. The van der Waals surface area contributed by atoms with Crippen LogP contribution >= 0.6 is 0 Å². The number of ketones is 1. The SMILES string of the molecule is Cc1cc(C)c(C(=O)Cn2ccc(=O)[nH]c2=O)c(C)c1. The van der Waals surface area contributed by atoms with E-state index in [1.165, 1.54) is 16.8 Å². The molecule has 0 aliphatic rings. The van der Waals surface area contributed by atoms with E-state index < -0.39 is 11.2 Å². The molecule has 1 aromatic carbocycles. The van der Waals surface area contributed by atoms with Gasteiger partial charge in [-0.2, -0.15) is 0 Å². The van der Waals surface area contributed by atoms with Crippen LogP contribution in [0.15, 0.2) is 34.0 Å². The fraction of sp³-hybridized carbons (Fsp3) is 0.267. The molecule has 0 spiro atoms. The summed E-state index contributed by atoms with van der Waals surface area (Å²) >= 11 is 0. The van der Waals surface area contributed by atoms with Gasteiger partial charge in [0.25, 0.3) is 5.56 Å². The standard InChI is InChI=1S/C15H16N2O3/c1-9-6-10(2)14(11(3)7-9)12(18)8-17-5-4-13(19)16-15(17)20/h4-7H,8H2,1-3H3,(H,16,19,20). The molecule has 1 heterocycles. The molecular weight excluding hydrogens is 256 g/mol. The first-order valence-electron chi connectivity index (χ1n) is 6.29. The Kier molecular flexibility index (Phi) is 3.70. The molecule has 20 heavy (non-hydrogen) atoms. The zero-order valence-corrected chi connectivity index (χ0v) is 11.7. The van der Waals surface area contributed by atoms with E-state index in [-0.39, 0.29) is 12.3 Å². The van der Waals surface area contributed by atoms with Gasteiger partial charge >= 0.3 is 5.69 Å². The number of rotatable bonds is 3. The second-order valence-electron chi connectivity index (χ2n) is 4.93. The normalized spacial score (nSPS) is 10.6. The third kappa shape index (κ3) is 2.77. The number of hydrogen-bond acceptors (Lipinski definition) is 3. The Hall–Kier alpha value is -2.43. The van der Waals surface area contributed by atoms with E-state index in [9.17, 15) is 14.4 Å². The van der Waals surface area contributed by atoms with Crippen molar-refractivity contribution in [1.82, 2.24) is 9.55 Å². The van der Waals surface area contributed by atoms with Crippen molar-refractivity contribution in [3.63, 3.8) is 0 Å². The van der Waals surface area contributed by atoms with Crippen LogP contribution in [0.1, 0.15) is 27.0 Å². The van der Waals surface area contributed by atoms with Crippen molar-refractivity contribution in [3.05, 3.63) is 67.5 Å². The third-order valence-corrected chi connectivity index (χ3v) is 3.17. The molecule has 0 atom stereocenters. The first-order chi connectivity index (χ1) is 9.38. The van der Waals surface area contributed by atoms with Crippen LogP contribution in [0.4, 0.5) is 0 Å². The fourth-order valence-electron chi connectivity index (χ4n) is 2.42. The topological polar surface area (TPSA) is 71.9 Å². The summed E-state index contributed by atoms with van der Waals surface area (Å²) in [6, 6.07) is 5.11. The van der Waals surface area contributed by atoms with Crippen LogP contribution in [0.25, 0.3) is 0 Å². The summed E-state index contributed by atoms with van der Waals surface area (Å²) in [5.41, 5.74) is 2.47. The molecule has 0 aliphatic heterocycles. The van der Waals surface area contributed by atoms with Crippen molar-refractivity contribution < 1.29 is 4.79 Å². The molecule has 2 rings (SSSR count). The Balaban J connectivity index is 2.38. The van der Waals surface area contributed by atoms with E-state index in [2.05, 4.69) is 4.98 Å². The Morgan fingerprint density at radius 1 is 1.15 bits per heavy atom. The van der Waals surface area contributed by atoms with Crippen molar-refractivity contribution >= 4 is 5.78 Å². The highest BCUT2D eigenvalue weighted by atomic mass is 16.2. The van der Waals surface area contributed by atoms with Gasteiger partial charge in [0.2, 0.25) is 0 Å². The number of benzene rings is 1. The highest BCUT2D eigenvalue weighted by Crippen LogP contribution is 2.17. The molecule has 0 fully saturated rings. The predicted molar refractivity (Wildman–Crippen MR) is 76.3 cm³/mol. The average molecular weight is 272 g/mol. The number of H-pyrrole nitrogens is 1. The molecule has 2 aromatic rings. The molecule has 104 valence electrons. The predicted octanol–water partition coefficient (Wildman–Crippen LogP) is 1.34. The number of Topliss-reactive ketones (excluding diaryl/α,β-unsaturated/α-hetero) is 1. The van der Waals surface area contributed by atoms with Crippen LogP contribution in [0.3, 0.4) is 0 Å². The van der Waals surface area contributed by atoms with Gasteiger partial charge in [0.1, 0.15) is 0 Å². The van der Waals surface area contributed by atoms with E-state index in [0.29, 0.717) is 5.56 Å². The Morgan fingerprint density at radius 3 is 2.30 bits per heavy atom. The van der Waals surface area contributed by atoms with Gasteiger partial charge in [0, 0.05) is 17.8 Å². The monoisotopic (exact) mass is 272 g/mol. The summed E-state index contributed by atoms with van der Waals surface area (Å²) in [5, 5.41) is 0. The number of aromatic amines is 1. The quantitative estimate of drug-likeness (QED) is 0.857. The zero-order valence-electron chi connectivity index (χ0n) is 11.7. The molecule has 0 bridgehead atoms. The Bertz CT molecular complexity index is 761. The maximum atomic E-state index is 12.4. The van der Waals surface area contributed by atoms with Crippen molar-refractivity contribution in [2.24, 2.45) is 0 Å². The fourth-order valence-corrected chi connectivity index (χ4v) is 2.42. The summed E-state index contributed by atoms with van der Waals surface area (Å²) in [5.74, 6) is -0.144. The van der Waals surface area contributed by atoms with Gasteiger partial charge < -0.3 is 0 Å². The third-order valence-electron chi connectivity index (χ3n) is 3.17. The maximum Gasteiger partial charge on any atom is 0.328 e. The van der Waals surface area contributed by atoms with Crippen molar-refractivity contribution in [1.29, 1.82) is 0 Å². The second-order valence-corrected chi connectivity index (χ2v) is 4.93. The minimum atomic E-state index is -0.576. The number of hydrogen-bond donors (Lipinski definition) is 1. The van der Waals surface area contributed by atoms with E-state index in [1.54, 1.807) is 0 Å². The van der Waals surface area contributed by atoms with E-state index in [4.69, 9.17) is 0 Å². The van der Waals surface area contributed by atoms with Crippen molar-refractivity contribution in [2.45, 2.75) is 27.3 Å². The molecular formula is C15H16N2O3. The summed E-state index contributed by atoms with van der Waals surface area (Å²) < 4.78 is 1.20. The molecule has 0 amide bonds. The van der Waals surface area contributed by atoms with Gasteiger partial charge in [0.05, 0.1) is 6.54 Å². The lowest BCUT2D eigenvalue weighted by Gasteiger charge is -2.11. The van der Waals surface area contributed by atoms with Gasteiger partial charge in [-0.05, 0) is 31.9 Å². The van der Waals surface area contributed by atoms with Crippen LogP contribution in [0.2, 0.25) is 0 Å². The van der Waals surface area contributed by atoms with Gasteiger partial charge in [-0.15, -0.1) is 0 Å². The molecule has 0 unspecified atom stereocenters. The first-order valence-corrected chi connectivity index (χ1v) is 6.29. The molecule has 0 aliphatic carbocycles. The summed E-state index contributed by atoms with van der Waals surface area (Å²) in [4.78, 5) is 37.1. The Morgan fingerprint density at radius 2 is 1.75 bits per heavy atom.